The van der Waals surface area contributed by atoms with Crippen LogP contribution in [-0.4, -0.2) is 43.5 Å². The van der Waals surface area contributed by atoms with Gasteiger partial charge in [0.15, 0.2) is 0 Å². The van der Waals surface area contributed by atoms with Gasteiger partial charge in [-0.1, -0.05) is 0 Å². The summed E-state index contributed by atoms with van der Waals surface area (Å²) in [5.41, 5.74) is 0.995. The standard InChI is InChI=1S/C9H10N6O/c1-15(6-7-2-4-10-5-3-7)9(16)8-11-13-14-12-8/h2-5H,6H2,1H3,(H,11,12,13,14). The van der Waals surface area contributed by atoms with E-state index in [-0.39, 0.29) is 11.7 Å². The molecule has 0 unspecified atom stereocenters. The smallest absolute Gasteiger partial charge is 0.295 e. The molecule has 0 spiro atoms. The summed E-state index contributed by atoms with van der Waals surface area (Å²) in [7, 11) is 1.68. The summed E-state index contributed by atoms with van der Waals surface area (Å²) in [6.07, 6.45) is 3.37. The topological polar surface area (TPSA) is 87.7 Å². The first-order valence-corrected chi connectivity index (χ1v) is 4.65. The van der Waals surface area contributed by atoms with Gasteiger partial charge in [-0.05, 0) is 22.9 Å². The van der Waals surface area contributed by atoms with E-state index in [4.69, 9.17) is 0 Å². The van der Waals surface area contributed by atoms with Crippen LogP contribution in [0.1, 0.15) is 16.2 Å². The summed E-state index contributed by atoms with van der Waals surface area (Å²) in [5, 5.41) is 12.8. The molecule has 0 fully saturated rings. The van der Waals surface area contributed by atoms with Crippen molar-refractivity contribution >= 4 is 5.91 Å². The summed E-state index contributed by atoms with van der Waals surface area (Å²) in [6, 6.07) is 3.69. The first-order valence-electron chi connectivity index (χ1n) is 4.65. The molecule has 1 N–H and O–H groups in total. The molecule has 2 heterocycles. The normalized spacial score (nSPS) is 10.1. The Bertz CT molecular complexity index is 454. The van der Waals surface area contributed by atoms with Crippen LogP contribution in [0.25, 0.3) is 0 Å². The van der Waals surface area contributed by atoms with E-state index in [1.807, 2.05) is 12.1 Å². The number of rotatable bonds is 3. The summed E-state index contributed by atoms with van der Waals surface area (Å²) in [6.45, 7) is 0.482. The van der Waals surface area contributed by atoms with Gasteiger partial charge in [0.1, 0.15) is 0 Å². The van der Waals surface area contributed by atoms with Crippen molar-refractivity contribution in [1.29, 1.82) is 0 Å². The van der Waals surface area contributed by atoms with Gasteiger partial charge in [0, 0.05) is 26.0 Å². The van der Waals surface area contributed by atoms with E-state index in [1.165, 1.54) is 4.90 Å². The van der Waals surface area contributed by atoms with Gasteiger partial charge in [-0.2, -0.15) is 5.21 Å². The second kappa shape index (κ2) is 4.47. The Hall–Kier alpha value is -2.31. The number of nitrogens with zero attached hydrogens (tertiary/aromatic N) is 5. The highest BCUT2D eigenvalue weighted by molar-refractivity contribution is 5.89. The number of nitrogens with one attached hydrogen (secondary N) is 1. The molecular formula is C9H10N6O. The van der Waals surface area contributed by atoms with Gasteiger partial charge in [0.05, 0.1) is 0 Å². The molecule has 0 aliphatic heterocycles. The highest BCUT2D eigenvalue weighted by Gasteiger charge is 2.15. The molecule has 1 amide bonds. The predicted molar refractivity (Wildman–Crippen MR) is 54.2 cm³/mol. The summed E-state index contributed by atoms with van der Waals surface area (Å²) >= 11 is 0. The van der Waals surface area contributed by atoms with Gasteiger partial charge < -0.3 is 4.90 Å². The lowest BCUT2D eigenvalue weighted by Gasteiger charge is -2.14. The third-order valence-corrected chi connectivity index (χ3v) is 2.05. The highest BCUT2D eigenvalue weighted by atomic mass is 16.2. The minimum Gasteiger partial charge on any atom is -0.335 e. The van der Waals surface area contributed by atoms with Crippen molar-refractivity contribution in [2.24, 2.45) is 0 Å². The van der Waals surface area contributed by atoms with Crippen LogP contribution in [0.2, 0.25) is 0 Å². The van der Waals surface area contributed by atoms with E-state index < -0.39 is 0 Å². The first-order chi connectivity index (χ1) is 7.77. The number of hydrogen-bond donors (Lipinski definition) is 1. The van der Waals surface area contributed by atoms with Crippen molar-refractivity contribution in [3.63, 3.8) is 0 Å². The molecular weight excluding hydrogens is 208 g/mol. The van der Waals surface area contributed by atoms with E-state index in [1.54, 1.807) is 19.4 Å². The molecule has 0 bridgehead atoms. The molecule has 0 saturated heterocycles. The number of amides is 1. The number of H-pyrrole nitrogens is 1. The Kier molecular flexibility index (Phi) is 2.86. The van der Waals surface area contributed by atoms with Crippen molar-refractivity contribution in [2.75, 3.05) is 7.05 Å². The Morgan fingerprint density at radius 2 is 2.19 bits per heavy atom. The van der Waals surface area contributed by atoms with Gasteiger partial charge in [0.25, 0.3) is 11.7 Å². The molecule has 7 nitrogen and oxygen atoms in total. The molecule has 0 aliphatic carbocycles. The van der Waals surface area contributed by atoms with Crippen LogP contribution in [0.5, 0.6) is 0 Å². The number of carbonyl (C=O) groups is 1. The first kappa shape index (κ1) is 10.2. The lowest BCUT2D eigenvalue weighted by atomic mass is 10.2. The van der Waals surface area contributed by atoms with Crippen LogP contribution in [-0.2, 0) is 6.54 Å². The van der Waals surface area contributed by atoms with E-state index >= 15 is 0 Å². The fourth-order valence-electron chi connectivity index (χ4n) is 1.26. The zero-order valence-corrected chi connectivity index (χ0v) is 8.66. The molecule has 16 heavy (non-hydrogen) atoms. The average molecular weight is 218 g/mol. The van der Waals surface area contributed by atoms with Crippen LogP contribution in [0.3, 0.4) is 0 Å². The molecule has 2 aromatic rings. The molecule has 0 saturated carbocycles. The van der Waals surface area contributed by atoms with Crippen LogP contribution in [0.15, 0.2) is 24.5 Å². The highest BCUT2D eigenvalue weighted by Crippen LogP contribution is 2.03. The van der Waals surface area contributed by atoms with Crippen LogP contribution in [0.4, 0.5) is 0 Å². The summed E-state index contributed by atoms with van der Waals surface area (Å²) in [5.74, 6) is -0.206. The number of hydrogen-bond acceptors (Lipinski definition) is 5. The monoisotopic (exact) mass is 218 g/mol. The van der Waals surface area contributed by atoms with Gasteiger partial charge in [-0.15, -0.1) is 10.2 Å². The summed E-state index contributed by atoms with van der Waals surface area (Å²) in [4.78, 5) is 17.2. The molecule has 7 heteroatoms. The third-order valence-electron chi connectivity index (χ3n) is 2.05. The van der Waals surface area contributed by atoms with Crippen molar-refractivity contribution < 1.29 is 4.79 Å². The molecule has 0 aromatic carbocycles. The zero-order chi connectivity index (χ0) is 11.4. The maximum absolute atomic E-state index is 11.7. The molecule has 0 aliphatic rings. The molecule has 2 aromatic heterocycles. The predicted octanol–water partition coefficient (Wildman–Crippen LogP) is -0.133. The van der Waals surface area contributed by atoms with Crippen molar-refractivity contribution in [2.45, 2.75) is 6.54 Å². The second-order valence-electron chi connectivity index (χ2n) is 3.25. The second-order valence-corrected chi connectivity index (χ2v) is 3.25. The summed E-state index contributed by atoms with van der Waals surface area (Å²) < 4.78 is 0. The molecule has 2 rings (SSSR count). The SMILES string of the molecule is CN(Cc1ccncc1)C(=O)c1nn[nH]n1. The third kappa shape index (κ3) is 2.19. The van der Waals surface area contributed by atoms with E-state index in [2.05, 4.69) is 25.6 Å². The number of aromatic amines is 1. The van der Waals surface area contributed by atoms with E-state index in [0.717, 1.165) is 5.56 Å². The quantitative estimate of drug-likeness (QED) is 0.775. The van der Waals surface area contributed by atoms with Crippen molar-refractivity contribution in [1.82, 2.24) is 30.5 Å². The fraction of sp³-hybridized carbons (Fsp3) is 0.222. The number of carbonyl (C=O) groups excluding carboxylic acids is 1. The van der Waals surface area contributed by atoms with Gasteiger partial charge in [-0.25, -0.2) is 0 Å². The average Bonchev–Trinajstić information content (AvgIpc) is 2.83. The molecule has 0 atom stereocenters. The van der Waals surface area contributed by atoms with Crippen molar-refractivity contribution in [3.05, 3.63) is 35.9 Å². The Morgan fingerprint density at radius 1 is 1.44 bits per heavy atom. The minimum absolute atomic E-state index is 0.0663. The number of pyridine rings is 1. The van der Waals surface area contributed by atoms with Crippen molar-refractivity contribution in [3.8, 4) is 0 Å². The fourth-order valence-corrected chi connectivity index (χ4v) is 1.26. The Labute approximate surface area is 91.5 Å². The zero-order valence-electron chi connectivity index (χ0n) is 8.66. The van der Waals surface area contributed by atoms with Gasteiger partial charge in [0.2, 0.25) is 0 Å². The largest absolute Gasteiger partial charge is 0.335 e. The van der Waals surface area contributed by atoms with Gasteiger partial charge >= 0.3 is 0 Å². The molecule has 82 valence electrons. The van der Waals surface area contributed by atoms with Gasteiger partial charge in [-0.3, -0.25) is 9.78 Å². The minimum atomic E-state index is -0.273. The van der Waals surface area contributed by atoms with E-state index in [0.29, 0.717) is 6.54 Å². The van der Waals surface area contributed by atoms with Crippen LogP contribution < -0.4 is 0 Å². The Morgan fingerprint density at radius 3 is 2.81 bits per heavy atom. The molecule has 0 radical (unpaired) electrons. The lowest BCUT2D eigenvalue weighted by molar-refractivity contribution is 0.0773. The number of tetrazole rings is 1. The van der Waals surface area contributed by atoms with Crippen LogP contribution >= 0.6 is 0 Å². The maximum Gasteiger partial charge on any atom is 0.295 e. The Balaban J connectivity index is 2.04. The van der Waals surface area contributed by atoms with Crippen LogP contribution in [0, 0.1) is 0 Å². The maximum atomic E-state index is 11.7. The lowest BCUT2D eigenvalue weighted by Crippen LogP contribution is -2.27. The van der Waals surface area contributed by atoms with E-state index in [9.17, 15) is 4.79 Å². The number of aromatic nitrogens is 5.